The fourth-order valence-electron chi connectivity index (χ4n) is 1.56. The smallest absolute Gasteiger partial charge is 0.316 e. The Morgan fingerprint density at radius 3 is 2.62 bits per heavy atom. The van der Waals surface area contributed by atoms with Crippen LogP contribution in [0.5, 0.6) is 0 Å². The Bertz CT molecular complexity index is 612. The third-order valence-electron chi connectivity index (χ3n) is 2.30. The Kier molecular flexibility index (Phi) is 4.90. The Morgan fingerprint density at radius 1 is 1.14 bits per heavy atom. The van der Waals surface area contributed by atoms with Gasteiger partial charge in [0, 0.05) is 12.4 Å². The van der Waals surface area contributed by atoms with E-state index >= 15 is 0 Å². The summed E-state index contributed by atoms with van der Waals surface area (Å²) in [5.74, 6) is -0.0949. The van der Waals surface area contributed by atoms with Gasteiger partial charge in [-0.25, -0.2) is 9.97 Å². The predicted octanol–water partition coefficient (Wildman–Crippen LogP) is 2.97. The third kappa shape index (κ3) is 5.15. The summed E-state index contributed by atoms with van der Waals surface area (Å²) in [4.78, 5) is 24.5. The molecule has 0 unspecified atom stereocenters. The average Bonchev–Trinajstić information content (AvgIpc) is 2.45. The summed E-state index contributed by atoms with van der Waals surface area (Å²) in [6.07, 6.45) is 3.37. The molecule has 0 aliphatic heterocycles. The number of nitrogens with zero attached hydrogens (tertiary/aromatic N) is 3. The molecule has 0 fully saturated rings. The van der Waals surface area contributed by atoms with Crippen molar-refractivity contribution in [1.29, 1.82) is 0 Å². The fraction of sp³-hybridized carbons (Fsp3) is 0.333. The van der Waals surface area contributed by atoms with Gasteiger partial charge in [0.1, 0.15) is 5.60 Å². The summed E-state index contributed by atoms with van der Waals surface area (Å²) in [7, 11) is 0. The highest BCUT2D eigenvalue weighted by molar-refractivity contribution is 7.99. The van der Waals surface area contributed by atoms with Crippen LogP contribution in [0, 0.1) is 0 Å². The summed E-state index contributed by atoms with van der Waals surface area (Å²) < 4.78 is 5.25. The molecular formula is C15H17N3O2S. The first-order chi connectivity index (χ1) is 9.94. The molecule has 0 aliphatic carbocycles. The number of hydrogen-bond donors (Lipinski definition) is 0. The molecule has 0 atom stereocenters. The van der Waals surface area contributed by atoms with Gasteiger partial charge in [-0.1, -0.05) is 17.8 Å². The maximum absolute atomic E-state index is 11.7. The number of rotatable bonds is 4. The highest BCUT2D eigenvalue weighted by atomic mass is 32.2. The van der Waals surface area contributed by atoms with E-state index in [-0.39, 0.29) is 11.7 Å². The number of hydrogen-bond acceptors (Lipinski definition) is 6. The van der Waals surface area contributed by atoms with Crippen molar-refractivity contribution in [2.75, 3.05) is 5.75 Å². The molecule has 0 N–H and O–H groups in total. The van der Waals surface area contributed by atoms with Crippen LogP contribution < -0.4 is 0 Å². The minimum absolute atomic E-state index is 0.183. The third-order valence-corrected chi connectivity index (χ3v) is 3.13. The molecule has 0 saturated carbocycles. The fourth-order valence-corrected chi connectivity index (χ4v) is 2.17. The van der Waals surface area contributed by atoms with Crippen LogP contribution in [0.1, 0.15) is 20.8 Å². The summed E-state index contributed by atoms with van der Waals surface area (Å²) >= 11 is 1.25. The van der Waals surface area contributed by atoms with Gasteiger partial charge in [-0.15, -0.1) is 0 Å². The Hall–Kier alpha value is -1.95. The number of ether oxygens (including phenoxy) is 1. The molecular weight excluding hydrogens is 286 g/mol. The minimum Gasteiger partial charge on any atom is -0.459 e. The van der Waals surface area contributed by atoms with Crippen LogP contribution in [-0.2, 0) is 9.53 Å². The molecule has 0 aliphatic rings. The van der Waals surface area contributed by atoms with Crippen molar-refractivity contribution >= 4 is 17.7 Å². The van der Waals surface area contributed by atoms with Crippen LogP contribution in [-0.4, -0.2) is 32.3 Å². The van der Waals surface area contributed by atoms with Gasteiger partial charge in [-0.05, 0) is 39.0 Å². The predicted molar refractivity (Wildman–Crippen MR) is 81.8 cm³/mol. The van der Waals surface area contributed by atoms with Crippen LogP contribution >= 0.6 is 11.8 Å². The van der Waals surface area contributed by atoms with Crippen LogP contribution in [0.4, 0.5) is 0 Å². The number of aromatic nitrogens is 3. The van der Waals surface area contributed by atoms with Gasteiger partial charge in [0.15, 0.2) is 5.16 Å². The highest BCUT2D eigenvalue weighted by Crippen LogP contribution is 2.19. The summed E-state index contributed by atoms with van der Waals surface area (Å²) in [5.41, 5.74) is 1.03. The zero-order chi connectivity index (χ0) is 15.3. The van der Waals surface area contributed by atoms with E-state index in [0.29, 0.717) is 5.16 Å². The first-order valence-electron chi connectivity index (χ1n) is 6.53. The molecule has 0 spiro atoms. The molecule has 0 amide bonds. The standard InChI is InChI=1S/C15H17N3O2S/c1-15(2,3)20-13(19)10-21-14-17-9-7-12(18-14)11-6-4-5-8-16-11/h4-9H,10H2,1-3H3. The molecule has 2 aromatic heterocycles. The maximum atomic E-state index is 11.7. The molecule has 0 bridgehead atoms. The largest absolute Gasteiger partial charge is 0.459 e. The Labute approximate surface area is 128 Å². The van der Waals surface area contributed by atoms with Crippen molar-refractivity contribution in [3.63, 3.8) is 0 Å². The number of carbonyl (C=O) groups is 1. The van der Waals surface area contributed by atoms with Gasteiger partial charge in [0.25, 0.3) is 0 Å². The van der Waals surface area contributed by atoms with Crippen molar-refractivity contribution in [2.24, 2.45) is 0 Å². The lowest BCUT2D eigenvalue weighted by Crippen LogP contribution is -2.24. The molecule has 2 aromatic rings. The minimum atomic E-state index is -0.478. The molecule has 5 nitrogen and oxygen atoms in total. The van der Waals surface area contributed by atoms with E-state index in [1.54, 1.807) is 18.5 Å². The lowest BCUT2D eigenvalue weighted by atomic mass is 10.2. The Balaban J connectivity index is 2.01. The van der Waals surface area contributed by atoms with E-state index in [4.69, 9.17) is 4.74 Å². The number of carbonyl (C=O) groups excluding carboxylic acids is 1. The highest BCUT2D eigenvalue weighted by Gasteiger charge is 2.16. The van der Waals surface area contributed by atoms with E-state index in [1.165, 1.54) is 11.8 Å². The molecule has 21 heavy (non-hydrogen) atoms. The van der Waals surface area contributed by atoms with Crippen molar-refractivity contribution < 1.29 is 9.53 Å². The van der Waals surface area contributed by atoms with Crippen LogP contribution in [0.2, 0.25) is 0 Å². The van der Waals surface area contributed by atoms with Crippen LogP contribution in [0.25, 0.3) is 11.4 Å². The topological polar surface area (TPSA) is 65.0 Å². The second kappa shape index (κ2) is 6.67. The van der Waals surface area contributed by atoms with Crippen LogP contribution in [0.15, 0.2) is 41.8 Å². The van der Waals surface area contributed by atoms with Gasteiger partial charge in [-0.3, -0.25) is 9.78 Å². The lowest BCUT2D eigenvalue weighted by molar-refractivity contribution is -0.151. The molecule has 0 saturated heterocycles. The quantitative estimate of drug-likeness (QED) is 0.491. The van der Waals surface area contributed by atoms with Crippen LogP contribution in [0.3, 0.4) is 0 Å². The average molecular weight is 303 g/mol. The van der Waals surface area contributed by atoms with E-state index in [2.05, 4.69) is 15.0 Å². The zero-order valence-corrected chi connectivity index (χ0v) is 13.1. The van der Waals surface area contributed by atoms with Crippen molar-refractivity contribution in [3.8, 4) is 11.4 Å². The van der Waals surface area contributed by atoms with E-state index in [1.807, 2.05) is 39.0 Å². The normalized spacial score (nSPS) is 11.2. The van der Waals surface area contributed by atoms with Gasteiger partial charge in [0.2, 0.25) is 0 Å². The first-order valence-corrected chi connectivity index (χ1v) is 7.52. The molecule has 2 rings (SSSR count). The molecule has 110 valence electrons. The SMILES string of the molecule is CC(C)(C)OC(=O)CSc1nccc(-c2ccccn2)n1. The second-order valence-electron chi connectivity index (χ2n) is 5.31. The molecule has 2 heterocycles. The van der Waals surface area contributed by atoms with Crippen molar-refractivity contribution in [1.82, 2.24) is 15.0 Å². The second-order valence-corrected chi connectivity index (χ2v) is 6.26. The molecule has 6 heteroatoms. The zero-order valence-electron chi connectivity index (χ0n) is 12.2. The summed E-state index contributed by atoms with van der Waals surface area (Å²) in [6.45, 7) is 5.52. The maximum Gasteiger partial charge on any atom is 0.316 e. The van der Waals surface area contributed by atoms with E-state index in [9.17, 15) is 4.79 Å². The number of pyridine rings is 1. The first kappa shape index (κ1) is 15.4. The van der Waals surface area contributed by atoms with E-state index < -0.39 is 5.60 Å². The van der Waals surface area contributed by atoms with Gasteiger partial charge in [0.05, 0.1) is 17.1 Å². The summed E-state index contributed by atoms with van der Waals surface area (Å²) in [6, 6.07) is 7.42. The Morgan fingerprint density at radius 2 is 1.95 bits per heavy atom. The number of thioether (sulfide) groups is 1. The van der Waals surface area contributed by atoms with E-state index in [0.717, 1.165) is 11.4 Å². The van der Waals surface area contributed by atoms with Gasteiger partial charge < -0.3 is 4.74 Å². The van der Waals surface area contributed by atoms with Gasteiger partial charge >= 0.3 is 5.97 Å². The van der Waals surface area contributed by atoms with Gasteiger partial charge in [-0.2, -0.15) is 0 Å². The molecule has 0 aromatic carbocycles. The molecule has 0 radical (unpaired) electrons. The summed E-state index contributed by atoms with van der Waals surface area (Å²) in [5, 5.41) is 0.531. The van der Waals surface area contributed by atoms with Crippen molar-refractivity contribution in [2.45, 2.75) is 31.5 Å². The number of esters is 1. The monoisotopic (exact) mass is 303 g/mol. The lowest BCUT2D eigenvalue weighted by Gasteiger charge is -2.19. The van der Waals surface area contributed by atoms with Crippen molar-refractivity contribution in [3.05, 3.63) is 36.7 Å².